The van der Waals surface area contributed by atoms with Gasteiger partial charge in [-0.05, 0) is 49.7 Å². The van der Waals surface area contributed by atoms with Gasteiger partial charge in [0.15, 0.2) is 0 Å². The maximum Gasteiger partial charge on any atom is 0.331 e. The Morgan fingerprint density at radius 3 is 2.40 bits per heavy atom. The van der Waals surface area contributed by atoms with Gasteiger partial charge < -0.3 is 10.1 Å². The molecule has 0 fully saturated rings. The Labute approximate surface area is 185 Å². The third kappa shape index (κ3) is 5.65. The van der Waals surface area contributed by atoms with Crippen LogP contribution in [0.4, 0.5) is 5.69 Å². The quantitative estimate of drug-likeness (QED) is 0.558. The van der Waals surface area contributed by atoms with Gasteiger partial charge in [0.2, 0.25) is 0 Å². The van der Waals surface area contributed by atoms with Gasteiger partial charge in [0.25, 0.3) is 15.9 Å². The fourth-order valence-corrected chi connectivity index (χ4v) is 4.28. The maximum atomic E-state index is 12.7. The minimum Gasteiger partial charge on any atom is -0.467 e. The zero-order chi connectivity index (χ0) is 22.5. The van der Waals surface area contributed by atoms with Crippen LogP contribution >= 0.6 is 23.2 Å². The monoisotopic (exact) mass is 472 g/mol. The van der Waals surface area contributed by atoms with Crippen molar-refractivity contribution >= 4 is 50.8 Å². The fraction of sp³-hybridized carbons (Fsp3) is 0.300. The third-order valence-corrected chi connectivity index (χ3v) is 6.47. The molecule has 2 aromatic rings. The lowest BCUT2D eigenvalue weighted by Gasteiger charge is -2.27. The van der Waals surface area contributed by atoms with E-state index in [0.29, 0.717) is 12.8 Å². The first kappa shape index (κ1) is 24.0. The van der Waals surface area contributed by atoms with E-state index < -0.39 is 27.4 Å². The molecule has 0 saturated heterocycles. The number of ether oxygens (including phenoxy) is 1. The lowest BCUT2D eigenvalue weighted by atomic mass is 9.95. The number of hydrogen-bond acceptors (Lipinski definition) is 5. The van der Waals surface area contributed by atoms with Crippen molar-refractivity contribution in [2.75, 3.05) is 11.8 Å². The highest BCUT2D eigenvalue weighted by Gasteiger charge is 2.35. The third-order valence-electron chi connectivity index (χ3n) is 4.35. The summed E-state index contributed by atoms with van der Waals surface area (Å²) in [6.07, 6.45) is 1.03. The van der Waals surface area contributed by atoms with Crippen molar-refractivity contribution in [3.8, 4) is 0 Å². The van der Waals surface area contributed by atoms with Crippen LogP contribution in [-0.4, -0.2) is 32.9 Å². The van der Waals surface area contributed by atoms with Crippen LogP contribution in [0.3, 0.4) is 0 Å². The van der Waals surface area contributed by atoms with Gasteiger partial charge in [-0.2, -0.15) is 0 Å². The van der Waals surface area contributed by atoms with Crippen molar-refractivity contribution in [3.63, 3.8) is 0 Å². The largest absolute Gasteiger partial charge is 0.467 e. The minimum atomic E-state index is -3.96. The van der Waals surface area contributed by atoms with Gasteiger partial charge in [-0.15, -0.1) is 0 Å². The molecule has 0 radical (unpaired) electrons. The summed E-state index contributed by atoms with van der Waals surface area (Å²) in [5.41, 5.74) is -0.851. The van der Waals surface area contributed by atoms with E-state index in [4.69, 9.17) is 27.9 Å². The molecule has 0 saturated carbocycles. The van der Waals surface area contributed by atoms with Crippen molar-refractivity contribution in [1.82, 2.24) is 5.32 Å². The first-order valence-corrected chi connectivity index (χ1v) is 11.2. The van der Waals surface area contributed by atoms with Crippen molar-refractivity contribution in [1.29, 1.82) is 0 Å². The number of sulfonamides is 1. The van der Waals surface area contributed by atoms with E-state index in [0.717, 1.165) is 0 Å². The molecule has 2 aromatic carbocycles. The maximum absolute atomic E-state index is 12.7. The summed E-state index contributed by atoms with van der Waals surface area (Å²) in [5, 5.41) is 3.01. The number of nitrogens with one attached hydrogen (secondary N) is 2. The standard InChI is InChI=1S/C20H22Cl2N2O5S/c1-4-10-20(2,19(26)29-3)23-18(25)13-6-5-7-14(11-13)24-30(27,28)15-8-9-16(21)17(22)12-15/h5-9,11-12,24H,4,10H2,1-3H3,(H,23,25). The zero-order valence-corrected chi connectivity index (χ0v) is 19.0. The number of benzene rings is 2. The SMILES string of the molecule is CCCC(C)(NC(=O)c1cccc(NS(=O)(=O)c2ccc(Cl)c(Cl)c2)c1)C(=O)OC. The van der Waals surface area contributed by atoms with Crippen molar-refractivity contribution in [2.24, 2.45) is 0 Å². The number of esters is 1. The molecule has 0 aliphatic rings. The van der Waals surface area contributed by atoms with Crippen molar-refractivity contribution in [2.45, 2.75) is 37.1 Å². The summed E-state index contributed by atoms with van der Waals surface area (Å²) in [4.78, 5) is 24.7. The molecule has 2 rings (SSSR count). The molecule has 0 bridgehead atoms. The zero-order valence-electron chi connectivity index (χ0n) is 16.7. The van der Waals surface area contributed by atoms with Crippen LogP contribution < -0.4 is 10.0 Å². The summed E-state index contributed by atoms with van der Waals surface area (Å²) in [6.45, 7) is 3.46. The molecule has 10 heteroatoms. The van der Waals surface area contributed by atoms with Crippen LogP contribution in [0, 0.1) is 0 Å². The molecule has 0 aliphatic heterocycles. The highest BCUT2D eigenvalue weighted by Crippen LogP contribution is 2.26. The Balaban J connectivity index is 2.26. The van der Waals surface area contributed by atoms with Crippen LogP contribution in [0.25, 0.3) is 0 Å². The second-order valence-corrected chi connectivity index (χ2v) is 9.29. The van der Waals surface area contributed by atoms with Gasteiger partial charge in [-0.3, -0.25) is 9.52 Å². The molecule has 0 aromatic heterocycles. The van der Waals surface area contributed by atoms with Gasteiger partial charge in [-0.25, -0.2) is 13.2 Å². The molecule has 7 nitrogen and oxygen atoms in total. The van der Waals surface area contributed by atoms with Crippen LogP contribution in [-0.2, 0) is 19.6 Å². The van der Waals surface area contributed by atoms with Gasteiger partial charge in [0.05, 0.1) is 22.1 Å². The van der Waals surface area contributed by atoms with Gasteiger partial charge in [-0.1, -0.05) is 42.6 Å². The van der Waals surface area contributed by atoms with Gasteiger partial charge in [0, 0.05) is 11.3 Å². The molecule has 0 spiro atoms. The number of anilines is 1. The van der Waals surface area contributed by atoms with E-state index in [1.807, 2.05) is 6.92 Å². The average molecular weight is 473 g/mol. The Morgan fingerprint density at radius 1 is 1.10 bits per heavy atom. The second kappa shape index (κ2) is 9.68. The van der Waals surface area contributed by atoms with Gasteiger partial charge in [0.1, 0.15) is 5.54 Å². The topological polar surface area (TPSA) is 102 Å². The Kier molecular flexibility index (Phi) is 7.74. The number of carbonyl (C=O) groups excluding carboxylic acids is 2. The summed E-state index contributed by atoms with van der Waals surface area (Å²) in [6, 6.07) is 9.83. The fourth-order valence-electron chi connectivity index (χ4n) is 2.85. The lowest BCUT2D eigenvalue weighted by molar-refractivity contribution is -0.147. The summed E-state index contributed by atoms with van der Waals surface area (Å²) in [5.74, 6) is -1.10. The predicted molar refractivity (Wildman–Crippen MR) is 117 cm³/mol. The lowest BCUT2D eigenvalue weighted by Crippen LogP contribution is -2.52. The van der Waals surface area contributed by atoms with Crippen LogP contribution in [0.1, 0.15) is 37.0 Å². The number of carbonyl (C=O) groups is 2. The number of hydrogen-bond donors (Lipinski definition) is 2. The molecule has 1 unspecified atom stereocenters. The Bertz CT molecular complexity index is 1060. The molecule has 1 amide bonds. The second-order valence-electron chi connectivity index (χ2n) is 6.79. The minimum absolute atomic E-state index is 0.0760. The average Bonchev–Trinajstić information content (AvgIpc) is 2.69. The molecule has 1 atom stereocenters. The molecule has 2 N–H and O–H groups in total. The van der Waals surface area contributed by atoms with Crippen LogP contribution in [0.2, 0.25) is 10.0 Å². The number of methoxy groups -OCH3 is 1. The Hall–Kier alpha value is -2.29. The van der Waals surface area contributed by atoms with E-state index in [1.165, 1.54) is 49.6 Å². The van der Waals surface area contributed by atoms with E-state index in [2.05, 4.69) is 10.0 Å². The molecule has 0 heterocycles. The number of rotatable bonds is 8. The summed E-state index contributed by atoms with van der Waals surface area (Å²) >= 11 is 11.7. The van der Waals surface area contributed by atoms with Crippen LogP contribution in [0.15, 0.2) is 47.4 Å². The highest BCUT2D eigenvalue weighted by molar-refractivity contribution is 7.92. The summed E-state index contributed by atoms with van der Waals surface area (Å²) < 4.78 is 32.4. The smallest absolute Gasteiger partial charge is 0.331 e. The molecular formula is C20H22Cl2N2O5S. The normalized spacial score (nSPS) is 13.2. The predicted octanol–water partition coefficient (Wildman–Crippen LogP) is 4.26. The van der Waals surface area contributed by atoms with Crippen LogP contribution in [0.5, 0.6) is 0 Å². The Morgan fingerprint density at radius 2 is 1.80 bits per heavy atom. The summed E-state index contributed by atoms with van der Waals surface area (Å²) in [7, 11) is -2.70. The molecule has 162 valence electrons. The highest BCUT2D eigenvalue weighted by atomic mass is 35.5. The molecular weight excluding hydrogens is 451 g/mol. The first-order chi connectivity index (χ1) is 14.0. The van der Waals surface area contributed by atoms with Crippen molar-refractivity contribution in [3.05, 3.63) is 58.1 Å². The van der Waals surface area contributed by atoms with Gasteiger partial charge >= 0.3 is 5.97 Å². The van der Waals surface area contributed by atoms with E-state index in [1.54, 1.807) is 6.92 Å². The number of halogens is 2. The van der Waals surface area contributed by atoms with E-state index in [-0.39, 0.29) is 26.2 Å². The molecule has 30 heavy (non-hydrogen) atoms. The molecule has 0 aliphatic carbocycles. The first-order valence-electron chi connectivity index (χ1n) is 9.01. The van der Waals surface area contributed by atoms with Crippen molar-refractivity contribution < 1.29 is 22.7 Å². The van der Waals surface area contributed by atoms with E-state index >= 15 is 0 Å². The number of amides is 1. The van der Waals surface area contributed by atoms with E-state index in [9.17, 15) is 18.0 Å².